The Morgan fingerprint density at radius 1 is 0.803 bits per heavy atom. The fourth-order valence-corrected chi connectivity index (χ4v) is 9.33. The molecule has 1 heterocycles. The summed E-state index contributed by atoms with van der Waals surface area (Å²) in [5, 5.41) is 81.4. The van der Waals surface area contributed by atoms with Crippen molar-refractivity contribution < 1.29 is 59.7 Å². The number of aromatic hydroxyl groups is 2. The van der Waals surface area contributed by atoms with E-state index in [9.17, 15) is 59.7 Å². The van der Waals surface area contributed by atoms with Crippen molar-refractivity contribution in [2.45, 2.75) is 190 Å². The standard InChI is InChI=1S/C49H76N4O12S/c1-8-28(2)23-29(3)15-13-11-9-10-12-14-16-42(60)50-38(26-41(59)33(7)66-37-21-22-40(58)30(4)24-37)47(63)52-44(32(6)55)49(65)53-27-36(57)25-39(53)48(64)51-43(31(5)54)46(62)45(61)34-17-19-35(56)20-18-34/h17-22,24,28-29,32-33,36,38-39,41,43-46,55-59,61-62H,8-16,23,25-27H2,1-7H3,(H,50,60)(H,51,64)(H,52,63)/t28?,29?,32-,33+,36-,38+,39+,41-,43-,44+,45+,46+/m1/s1. The fourth-order valence-electron chi connectivity index (χ4n) is 8.24. The third-order valence-electron chi connectivity index (χ3n) is 12.6. The first kappa shape index (κ1) is 56.1. The highest BCUT2D eigenvalue weighted by Crippen LogP contribution is 2.31. The molecule has 4 amide bonds. The molecule has 1 fully saturated rings. The van der Waals surface area contributed by atoms with Crippen LogP contribution in [0.1, 0.15) is 136 Å². The predicted molar refractivity (Wildman–Crippen MR) is 252 cm³/mol. The highest BCUT2D eigenvalue weighted by molar-refractivity contribution is 8.00. The molecule has 0 saturated carbocycles. The quantitative estimate of drug-likeness (QED) is 0.0422. The molecule has 0 bridgehead atoms. The molecular formula is C49H76N4O12S. The number of benzene rings is 2. The number of hydrogen-bond donors (Lipinski definition) is 10. The van der Waals surface area contributed by atoms with Crippen LogP contribution in [0.2, 0.25) is 0 Å². The first-order chi connectivity index (χ1) is 31.1. The van der Waals surface area contributed by atoms with E-state index in [1.807, 2.05) is 0 Å². The maximum atomic E-state index is 14.2. The fraction of sp³-hybridized carbons (Fsp3) is 0.653. The number of ketones is 1. The van der Waals surface area contributed by atoms with Crippen molar-refractivity contribution in [1.29, 1.82) is 0 Å². The van der Waals surface area contributed by atoms with E-state index >= 15 is 0 Å². The van der Waals surface area contributed by atoms with Crippen LogP contribution in [0, 0.1) is 18.8 Å². The number of carbonyl (C=O) groups is 5. The maximum Gasteiger partial charge on any atom is 0.248 e. The zero-order valence-corrected chi connectivity index (χ0v) is 40.5. The molecule has 66 heavy (non-hydrogen) atoms. The SMILES string of the molecule is CCC(C)CC(C)CCCCCCCCC(=O)N[C@@H](C[C@@H](O)[C@H](C)Sc1ccc(O)c(C)c1)C(=O)N[C@H](C(=O)N1C[C@H](O)C[C@H]1C(=O)N[C@H](C(C)=O)[C@H](O)[C@@H](O)c1ccc(O)cc1)[C@@H](C)O. The van der Waals surface area contributed by atoms with E-state index in [4.69, 9.17) is 0 Å². The van der Waals surface area contributed by atoms with Gasteiger partial charge in [-0.25, -0.2) is 0 Å². The number of aryl methyl sites for hydroxylation is 1. The van der Waals surface area contributed by atoms with Crippen LogP contribution in [-0.4, -0.2) is 130 Å². The second kappa shape index (κ2) is 27.5. The van der Waals surface area contributed by atoms with Gasteiger partial charge in [0.25, 0.3) is 0 Å². The van der Waals surface area contributed by atoms with Gasteiger partial charge in [-0.15, -0.1) is 11.8 Å². The summed E-state index contributed by atoms with van der Waals surface area (Å²) in [6.45, 7) is 12.2. The number of hydrogen-bond acceptors (Lipinski definition) is 13. The van der Waals surface area contributed by atoms with Crippen LogP contribution in [0.15, 0.2) is 47.4 Å². The number of nitrogens with one attached hydrogen (secondary N) is 3. The topological polar surface area (TPSA) is 266 Å². The zero-order chi connectivity index (χ0) is 49.2. The van der Waals surface area contributed by atoms with Crippen LogP contribution in [0.5, 0.6) is 11.5 Å². The molecule has 17 heteroatoms. The third-order valence-corrected chi connectivity index (χ3v) is 13.8. The Morgan fingerprint density at radius 3 is 2.05 bits per heavy atom. The minimum absolute atomic E-state index is 0.101. The van der Waals surface area contributed by atoms with Crippen molar-refractivity contribution in [2.24, 2.45) is 11.8 Å². The van der Waals surface area contributed by atoms with Crippen molar-refractivity contribution in [3.05, 3.63) is 53.6 Å². The molecule has 2 aromatic carbocycles. The van der Waals surface area contributed by atoms with Gasteiger partial charge in [0.15, 0.2) is 5.78 Å². The Bertz CT molecular complexity index is 1870. The summed E-state index contributed by atoms with van der Waals surface area (Å²) in [7, 11) is 0. The molecule has 2 unspecified atom stereocenters. The molecular weight excluding hydrogens is 869 g/mol. The number of rotatable bonds is 28. The van der Waals surface area contributed by atoms with Gasteiger partial charge in [0.1, 0.15) is 47.9 Å². The monoisotopic (exact) mass is 945 g/mol. The van der Waals surface area contributed by atoms with Crippen molar-refractivity contribution in [3.63, 3.8) is 0 Å². The van der Waals surface area contributed by atoms with Crippen LogP contribution in [-0.2, 0) is 24.0 Å². The van der Waals surface area contributed by atoms with E-state index in [0.29, 0.717) is 17.9 Å². The first-order valence-electron chi connectivity index (χ1n) is 23.5. The van der Waals surface area contributed by atoms with Crippen LogP contribution >= 0.6 is 11.8 Å². The second-order valence-electron chi connectivity index (χ2n) is 18.5. The molecule has 1 saturated heterocycles. The number of aliphatic hydroxyl groups is 5. The van der Waals surface area contributed by atoms with Gasteiger partial charge in [0.05, 0.1) is 18.3 Å². The van der Waals surface area contributed by atoms with E-state index in [0.717, 1.165) is 48.3 Å². The van der Waals surface area contributed by atoms with Gasteiger partial charge in [-0.1, -0.05) is 84.8 Å². The number of thioether (sulfide) groups is 1. The number of phenols is 2. The summed E-state index contributed by atoms with van der Waals surface area (Å²) in [5.41, 5.74) is 0.781. The normalized spacial score (nSPS) is 19.6. The maximum absolute atomic E-state index is 14.2. The van der Waals surface area contributed by atoms with Crippen LogP contribution < -0.4 is 16.0 Å². The lowest BCUT2D eigenvalue weighted by molar-refractivity contribution is -0.145. The molecule has 370 valence electrons. The average molecular weight is 945 g/mol. The molecule has 10 N–H and O–H groups in total. The largest absolute Gasteiger partial charge is 0.508 e. The number of β-amino-alcohol motifs (C(OH)–C–C–N with tert-alkyl or cyclic N) is 1. The molecule has 0 aliphatic carbocycles. The Hall–Kier alpha value is -4.26. The van der Waals surface area contributed by atoms with Crippen LogP contribution in [0.3, 0.4) is 0 Å². The lowest BCUT2D eigenvalue weighted by atomic mass is 9.91. The number of amides is 4. The highest BCUT2D eigenvalue weighted by Gasteiger charge is 2.45. The van der Waals surface area contributed by atoms with E-state index in [2.05, 4.69) is 36.7 Å². The lowest BCUT2D eigenvalue weighted by Crippen LogP contribution is -2.61. The summed E-state index contributed by atoms with van der Waals surface area (Å²) in [6.07, 6.45) is 1.43. The molecule has 12 atom stereocenters. The van der Waals surface area contributed by atoms with E-state index in [1.54, 1.807) is 32.0 Å². The summed E-state index contributed by atoms with van der Waals surface area (Å²) < 4.78 is 0. The smallest absolute Gasteiger partial charge is 0.248 e. The Balaban J connectivity index is 1.72. The minimum Gasteiger partial charge on any atom is -0.508 e. The Kier molecular flexibility index (Phi) is 23.4. The van der Waals surface area contributed by atoms with Gasteiger partial charge in [0.2, 0.25) is 23.6 Å². The van der Waals surface area contributed by atoms with Crippen molar-refractivity contribution in [1.82, 2.24) is 20.9 Å². The summed E-state index contributed by atoms with van der Waals surface area (Å²) in [6, 6.07) is 4.06. The summed E-state index contributed by atoms with van der Waals surface area (Å²) >= 11 is 1.30. The van der Waals surface area contributed by atoms with Crippen LogP contribution in [0.4, 0.5) is 0 Å². The number of unbranched alkanes of at least 4 members (excludes halogenated alkanes) is 5. The summed E-state index contributed by atoms with van der Waals surface area (Å²) in [4.78, 5) is 69.7. The van der Waals surface area contributed by atoms with Crippen LogP contribution in [0.25, 0.3) is 0 Å². The predicted octanol–water partition coefficient (Wildman–Crippen LogP) is 4.31. The van der Waals surface area contributed by atoms with E-state index < -0.39 is 89.3 Å². The van der Waals surface area contributed by atoms with Crippen molar-refractivity contribution in [2.75, 3.05) is 6.54 Å². The molecule has 3 rings (SSSR count). The molecule has 2 aromatic rings. The third kappa shape index (κ3) is 17.8. The second-order valence-corrected chi connectivity index (χ2v) is 19.9. The van der Waals surface area contributed by atoms with E-state index in [1.165, 1.54) is 68.6 Å². The number of aliphatic hydroxyl groups excluding tert-OH is 5. The van der Waals surface area contributed by atoms with E-state index in [-0.39, 0.29) is 42.9 Å². The number of nitrogens with zero attached hydrogens (tertiary/aromatic N) is 1. The average Bonchev–Trinajstić information content (AvgIpc) is 3.67. The minimum atomic E-state index is -1.85. The Labute approximate surface area is 394 Å². The molecule has 1 aliphatic heterocycles. The number of likely N-dealkylation sites (tertiary alicyclic amines) is 1. The van der Waals surface area contributed by atoms with Gasteiger partial charge in [-0.3, -0.25) is 24.0 Å². The zero-order valence-electron chi connectivity index (χ0n) is 39.7. The van der Waals surface area contributed by atoms with Gasteiger partial charge < -0.3 is 56.6 Å². The molecule has 16 nitrogen and oxygen atoms in total. The van der Waals surface area contributed by atoms with Gasteiger partial charge in [-0.05, 0) is 86.9 Å². The van der Waals surface area contributed by atoms with Gasteiger partial charge in [-0.2, -0.15) is 0 Å². The molecule has 0 radical (unpaired) electrons. The first-order valence-corrected chi connectivity index (χ1v) is 24.4. The number of Topliss-reactive ketones (excluding diaryl/α,β-unsaturated/α-hetero) is 1. The highest BCUT2D eigenvalue weighted by atomic mass is 32.2. The molecule has 0 aromatic heterocycles. The summed E-state index contributed by atoms with van der Waals surface area (Å²) in [5.74, 6) is -2.51. The van der Waals surface area contributed by atoms with Crippen molar-refractivity contribution in [3.8, 4) is 11.5 Å². The number of carbonyl (C=O) groups excluding carboxylic acids is 5. The Morgan fingerprint density at radius 2 is 1.44 bits per heavy atom. The molecule has 0 spiro atoms. The van der Waals surface area contributed by atoms with Crippen molar-refractivity contribution >= 4 is 41.2 Å². The van der Waals surface area contributed by atoms with Gasteiger partial charge >= 0.3 is 0 Å². The number of phenolic OH excluding ortho intramolecular Hbond substituents is 2. The lowest BCUT2D eigenvalue weighted by Gasteiger charge is -2.32. The van der Waals surface area contributed by atoms with Gasteiger partial charge in [0, 0.05) is 36.0 Å². The molecule has 1 aliphatic rings.